The molecule has 1 atom stereocenters. The van der Waals surface area contributed by atoms with Crippen LogP contribution in [-0.2, 0) is 4.79 Å². The molecule has 2 aromatic rings. The monoisotopic (exact) mass is 451 g/mol. The zero-order chi connectivity index (χ0) is 23.2. The molecule has 1 N–H and O–H groups in total. The Bertz CT molecular complexity index is 983. The summed E-state index contributed by atoms with van der Waals surface area (Å²) in [4.78, 5) is 42.7. The molecule has 2 aromatic carbocycles. The predicted octanol–water partition coefficient (Wildman–Crippen LogP) is 3.49. The van der Waals surface area contributed by atoms with E-state index < -0.39 is 11.9 Å². The first-order valence-corrected chi connectivity index (χ1v) is 11.7. The van der Waals surface area contributed by atoms with Crippen molar-refractivity contribution in [2.24, 2.45) is 5.92 Å². The summed E-state index contributed by atoms with van der Waals surface area (Å²) in [6.45, 7) is 2.36. The fourth-order valence-electron chi connectivity index (χ4n) is 4.75. The van der Waals surface area contributed by atoms with Gasteiger partial charge in [-0.1, -0.05) is 24.3 Å². The summed E-state index contributed by atoms with van der Waals surface area (Å²) in [6, 6.07) is 14.0. The van der Waals surface area contributed by atoms with Crippen LogP contribution in [0.2, 0.25) is 0 Å². The summed E-state index contributed by atoms with van der Waals surface area (Å²) < 4.78 is 13.5. The zero-order valence-electron chi connectivity index (χ0n) is 18.7. The number of likely N-dealkylation sites (tertiary alicyclic amines) is 2. The molecule has 0 aliphatic carbocycles. The Morgan fingerprint density at radius 2 is 1.48 bits per heavy atom. The molecule has 0 aromatic heterocycles. The first-order chi connectivity index (χ1) is 16.0. The SMILES string of the molecule is O=C(NC(C(=O)N1CCCCC1)C1CCN(C(=O)c2cccc(F)c2)CC1)c1ccccc1. The van der Waals surface area contributed by atoms with Crippen LogP contribution in [0.3, 0.4) is 0 Å². The fraction of sp³-hybridized carbons (Fsp3) is 0.423. The molecule has 2 saturated heterocycles. The maximum atomic E-state index is 13.5. The van der Waals surface area contributed by atoms with Crippen molar-refractivity contribution in [3.8, 4) is 0 Å². The van der Waals surface area contributed by atoms with Crippen LogP contribution in [-0.4, -0.2) is 59.7 Å². The molecule has 6 nitrogen and oxygen atoms in total. The van der Waals surface area contributed by atoms with Crippen molar-refractivity contribution in [1.82, 2.24) is 15.1 Å². The van der Waals surface area contributed by atoms with Crippen molar-refractivity contribution in [1.29, 1.82) is 0 Å². The smallest absolute Gasteiger partial charge is 0.253 e. The van der Waals surface area contributed by atoms with Gasteiger partial charge in [0.05, 0.1) is 0 Å². The van der Waals surface area contributed by atoms with Crippen molar-refractivity contribution < 1.29 is 18.8 Å². The van der Waals surface area contributed by atoms with Gasteiger partial charge in [-0.25, -0.2) is 4.39 Å². The van der Waals surface area contributed by atoms with Crippen LogP contribution in [0.4, 0.5) is 4.39 Å². The Hall–Kier alpha value is -3.22. The van der Waals surface area contributed by atoms with Gasteiger partial charge in [-0.3, -0.25) is 14.4 Å². The van der Waals surface area contributed by atoms with Crippen molar-refractivity contribution in [3.63, 3.8) is 0 Å². The van der Waals surface area contributed by atoms with Gasteiger partial charge in [0.1, 0.15) is 11.9 Å². The molecule has 33 heavy (non-hydrogen) atoms. The number of carbonyl (C=O) groups excluding carboxylic acids is 3. The van der Waals surface area contributed by atoms with E-state index in [-0.39, 0.29) is 23.6 Å². The summed E-state index contributed by atoms with van der Waals surface area (Å²) in [5, 5.41) is 3.00. The average Bonchev–Trinajstić information content (AvgIpc) is 2.87. The number of piperidine rings is 2. The minimum absolute atomic E-state index is 0.0334. The molecule has 0 saturated carbocycles. The lowest BCUT2D eigenvalue weighted by molar-refractivity contribution is -0.136. The first-order valence-electron chi connectivity index (χ1n) is 11.7. The van der Waals surface area contributed by atoms with Crippen LogP contribution in [0.1, 0.15) is 52.8 Å². The summed E-state index contributed by atoms with van der Waals surface area (Å²) in [5.41, 5.74) is 0.847. The highest BCUT2D eigenvalue weighted by Gasteiger charge is 2.36. The van der Waals surface area contributed by atoms with Gasteiger partial charge in [0.15, 0.2) is 0 Å². The predicted molar refractivity (Wildman–Crippen MR) is 123 cm³/mol. The van der Waals surface area contributed by atoms with Gasteiger partial charge in [-0.2, -0.15) is 0 Å². The molecule has 0 radical (unpaired) electrons. The summed E-state index contributed by atoms with van der Waals surface area (Å²) in [7, 11) is 0. The molecule has 0 spiro atoms. The largest absolute Gasteiger partial charge is 0.341 e. The highest BCUT2D eigenvalue weighted by molar-refractivity contribution is 5.97. The number of carbonyl (C=O) groups is 3. The van der Waals surface area contributed by atoms with E-state index in [0.717, 1.165) is 19.3 Å². The third kappa shape index (κ3) is 5.59. The minimum atomic E-state index is -0.623. The lowest BCUT2D eigenvalue weighted by Crippen LogP contribution is -2.55. The van der Waals surface area contributed by atoms with Gasteiger partial charge in [0.25, 0.3) is 11.8 Å². The first kappa shape index (κ1) is 23.0. The van der Waals surface area contributed by atoms with Gasteiger partial charge >= 0.3 is 0 Å². The van der Waals surface area contributed by atoms with E-state index in [1.807, 2.05) is 11.0 Å². The topological polar surface area (TPSA) is 69.7 Å². The van der Waals surface area contributed by atoms with E-state index in [4.69, 9.17) is 0 Å². The molecular weight excluding hydrogens is 421 g/mol. The lowest BCUT2D eigenvalue weighted by Gasteiger charge is -2.38. The average molecular weight is 452 g/mol. The second-order valence-electron chi connectivity index (χ2n) is 8.84. The van der Waals surface area contributed by atoms with Crippen LogP contribution in [0.15, 0.2) is 54.6 Å². The molecule has 2 heterocycles. The van der Waals surface area contributed by atoms with E-state index >= 15 is 0 Å². The van der Waals surface area contributed by atoms with Crippen molar-refractivity contribution in [2.45, 2.75) is 38.1 Å². The summed E-state index contributed by atoms with van der Waals surface area (Å²) in [5.74, 6) is -1.01. The third-order valence-electron chi connectivity index (χ3n) is 6.63. The van der Waals surface area contributed by atoms with Crippen LogP contribution < -0.4 is 5.32 Å². The van der Waals surface area contributed by atoms with E-state index in [1.54, 1.807) is 35.2 Å². The highest BCUT2D eigenvalue weighted by Crippen LogP contribution is 2.25. The minimum Gasteiger partial charge on any atom is -0.341 e. The fourth-order valence-corrected chi connectivity index (χ4v) is 4.75. The second-order valence-corrected chi connectivity index (χ2v) is 8.84. The second kappa shape index (κ2) is 10.6. The van der Waals surface area contributed by atoms with Gasteiger partial charge in [-0.15, -0.1) is 0 Å². The zero-order valence-corrected chi connectivity index (χ0v) is 18.7. The van der Waals surface area contributed by atoms with Crippen molar-refractivity contribution >= 4 is 17.7 Å². The quantitative estimate of drug-likeness (QED) is 0.757. The maximum absolute atomic E-state index is 13.5. The van der Waals surface area contributed by atoms with Gasteiger partial charge < -0.3 is 15.1 Å². The Balaban J connectivity index is 1.45. The van der Waals surface area contributed by atoms with Gasteiger partial charge in [0.2, 0.25) is 5.91 Å². The molecule has 174 valence electrons. The number of hydrogen-bond donors (Lipinski definition) is 1. The Morgan fingerprint density at radius 1 is 0.818 bits per heavy atom. The Morgan fingerprint density at radius 3 is 2.15 bits per heavy atom. The van der Waals surface area contributed by atoms with Crippen LogP contribution in [0, 0.1) is 11.7 Å². The third-order valence-corrected chi connectivity index (χ3v) is 6.63. The van der Waals surface area contributed by atoms with Crippen LogP contribution >= 0.6 is 0 Å². The van der Waals surface area contributed by atoms with Gasteiger partial charge in [0, 0.05) is 37.3 Å². The van der Waals surface area contributed by atoms with E-state index in [1.165, 1.54) is 18.2 Å². The molecule has 3 amide bonds. The number of rotatable bonds is 5. The number of halogens is 1. The maximum Gasteiger partial charge on any atom is 0.253 e. The molecule has 0 bridgehead atoms. The van der Waals surface area contributed by atoms with Crippen LogP contribution in [0.5, 0.6) is 0 Å². The number of hydrogen-bond acceptors (Lipinski definition) is 3. The number of amides is 3. The summed E-state index contributed by atoms with van der Waals surface area (Å²) >= 11 is 0. The Kier molecular flexibility index (Phi) is 7.37. The van der Waals surface area contributed by atoms with Crippen LogP contribution in [0.25, 0.3) is 0 Å². The highest BCUT2D eigenvalue weighted by atomic mass is 19.1. The molecular formula is C26H30FN3O3. The molecule has 2 aliphatic rings. The number of benzene rings is 2. The van der Waals surface area contributed by atoms with Gasteiger partial charge in [-0.05, 0) is 68.4 Å². The summed E-state index contributed by atoms with van der Waals surface area (Å²) in [6.07, 6.45) is 4.27. The number of nitrogens with zero attached hydrogens (tertiary/aromatic N) is 2. The van der Waals surface area contributed by atoms with Crippen molar-refractivity contribution in [3.05, 3.63) is 71.5 Å². The van der Waals surface area contributed by atoms with E-state index in [2.05, 4.69) is 5.32 Å². The Labute approximate surface area is 193 Å². The lowest BCUT2D eigenvalue weighted by atomic mass is 9.87. The molecule has 1 unspecified atom stereocenters. The molecule has 4 rings (SSSR count). The standard InChI is InChI=1S/C26H30FN3O3/c27-22-11-7-10-21(18-22)25(32)30-16-12-19(13-17-30)23(26(33)29-14-5-2-6-15-29)28-24(31)20-8-3-1-4-9-20/h1,3-4,7-11,18-19,23H,2,5-6,12-17H2,(H,28,31). The van der Waals surface area contributed by atoms with E-state index in [9.17, 15) is 18.8 Å². The molecule has 7 heteroatoms. The van der Waals surface area contributed by atoms with Crippen molar-refractivity contribution in [2.75, 3.05) is 26.2 Å². The molecule has 2 fully saturated rings. The molecule has 2 aliphatic heterocycles. The normalized spacial score (nSPS) is 18.0. The van der Waals surface area contributed by atoms with E-state index in [0.29, 0.717) is 50.1 Å². The number of nitrogens with one attached hydrogen (secondary N) is 1.